The monoisotopic (exact) mass is 279 g/mol. The summed E-state index contributed by atoms with van der Waals surface area (Å²) in [4.78, 5) is 19.2. The van der Waals surface area contributed by atoms with Crippen molar-refractivity contribution in [2.45, 2.75) is 19.3 Å². The molecule has 1 aromatic carbocycles. The summed E-state index contributed by atoms with van der Waals surface area (Å²) in [5, 5.41) is 1.02. The Morgan fingerprint density at radius 1 is 1.15 bits per heavy atom. The smallest absolute Gasteiger partial charge is 0.204 e. The third kappa shape index (κ3) is 1.86. The van der Waals surface area contributed by atoms with Crippen LogP contribution in [0.5, 0.6) is 0 Å². The van der Waals surface area contributed by atoms with Crippen LogP contribution in [0.25, 0.3) is 10.9 Å². The fourth-order valence-electron chi connectivity index (χ4n) is 2.78. The highest BCUT2D eigenvalue weighted by atomic mass is 32.1. The number of thiophene rings is 1. The zero-order chi connectivity index (χ0) is 13.5. The second kappa shape index (κ2) is 4.53. The molecule has 0 spiro atoms. The van der Waals surface area contributed by atoms with Gasteiger partial charge in [0.2, 0.25) is 5.78 Å². The molecule has 0 saturated heterocycles. The van der Waals surface area contributed by atoms with Crippen LogP contribution in [-0.4, -0.2) is 10.8 Å². The summed E-state index contributed by atoms with van der Waals surface area (Å²) < 4.78 is 0. The lowest BCUT2D eigenvalue weighted by molar-refractivity contribution is 0.104. The molecule has 98 valence electrons. The molecule has 0 bridgehead atoms. The van der Waals surface area contributed by atoms with E-state index in [1.165, 1.54) is 16.9 Å². The van der Waals surface area contributed by atoms with E-state index in [1.807, 2.05) is 30.3 Å². The van der Waals surface area contributed by atoms with Gasteiger partial charge in [0, 0.05) is 22.0 Å². The molecule has 3 heteroatoms. The molecule has 0 N–H and O–H groups in total. The molecule has 0 fully saturated rings. The minimum Gasteiger partial charge on any atom is -0.288 e. The number of ketones is 1. The Hall–Kier alpha value is -2.00. The van der Waals surface area contributed by atoms with Gasteiger partial charge in [-0.25, -0.2) is 0 Å². The normalized spacial score (nSPS) is 13.6. The largest absolute Gasteiger partial charge is 0.288 e. The Bertz CT molecular complexity index is 797. The summed E-state index contributed by atoms with van der Waals surface area (Å²) >= 11 is 1.65. The van der Waals surface area contributed by atoms with Crippen LogP contribution in [0, 0.1) is 0 Å². The van der Waals surface area contributed by atoms with Gasteiger partial charge in [0.15, 0.2) is 0 Å². The molecule has 3 aromatic rings. The van der Waals surface area contributed by atoms with Gasteiger partial charge >= 0.3 is 0 Å². The third-order valence-electron chi connectivity index (χ3n) is 3.82. The van der Waals surface area contributed by atoms with Crippen molar-refractivity contribution in [2.75, 3.05) is 0 Å². The second-order valence-electron chi connectivity index (χ2n) is 5.16. The number of carbonyl (C=O) groups excluding carboxylic acids is 1. The SMILES string of the molecule is O=C(c1cnc2ccccc2c1)c1cc2c(s1)CCC2. The van der Waals surface area contributed by atoms with Crippen LogP contribution >= 0.6 is 11.3 Å². The molecule has 1 aliphatic rings. The van der Waals surface area contributed by atoms with Gasteiger partial charge in [0.1, 0.15) is 0 Å². The number of carbonyl (C=O) groups is 1. The van der Waals surface area contributed by atoms with Crippen LogP contribution in [0.1, 0.15) is 32.1 Å². The number of aromatic nitrogens is 1. The van der Waals surface area contributed by atoms with Gasteiger partial charge in [0.05, 0.1) is 10.4 Å². The van der Waals surface area contributed by atoms with Crippen LogP contribution in [0.3, 0.4) is 0 Å². The van der Waals surface area contributed by atoms with Crippen molar-refractivity contribution < 1.29 is 4.79 Å². The van der Waals surface area contributed by atoms with Crippen LogP contribution in [0.4, 0.5) is 0 Å². The summed E-state index contributed by atoms with van der Waals surface area (Å²) in [5.74, 6) is 0.0997. The van der Waals surface area contributed by atoms with Gasteiger partial charge in [-0.1, -0.05) is 18.2 Å². The van der Waals surface area contributed by atoms with Crippen LogP contribution in [0.15, 0.2) is 42.6 Å². The molecule has 0 aliphatic heterocycles. The van der Waals surface area contributed by atoms with E-state index in [2.05, 4.69) is 11.1 Å². The molecule has 2 nitrogen and oxygen atoms in total. The Kier molecular flexibility index (Phi) is 2.67. The Labute approximate surface area is 121 Å². The van der Waals surface area contributed by atoms with Gasteiger partial charge in [-0.2, -0.15) is 0 Å². The fourth-order valence-corrected chi connectivity index (χ4v) is 3.99. The van der Waals surface area contributed by atoms with Gasteiger partial charge in [0.25, 0.3) is 0 Å². The van der Waals surface area contributed by atoms with Crippen molar-refractivity contribution >= 4 is 28.0 Å². The standard InChI is InChI=1S/C17H13NOS/c19-17(16-9-12-5-3-7-15(12)20-16)13-8-11-4-1-2-6-14(11)18-10-13/h1-2,4,6,8-10H,3,5,7H2. The van der Waals surface area contributed by atoms with Crippen molar-refractivity contribution in [3.8, 4) is 0 Å². The number of hydrogen-bond acceptors (Lipinski definition) is 3. The van der Waals surface area contributed by atoms with E-state index in [-0.39, 0.29) is 5.78 Å². The molecular weight excluding hydrogens is 266 g/mol. The summed E-state index contributed by atoms with van der Waals surface area (Å²) in [7, 11) is 0. The number of nitrogens with zero attached hydrogens (tertiary/aromatic N) is 1. The topological polar surface area (TPSA) is 30.0 Å². The lowest BCUT2D eigenvalue weighted by Gasteiger charge is -2.01. The number of hydrogen-bond donors (Lipinski definition) is 0. The van der Waals surface area contributed by atoms with E-state index in [9.17, 15) is 4.79 Å². The maximum Gasteiger partial charge on any atom is 0.204 e. The zero-order valence-corrected chi connectivity index (χ0v) is 11.7. The molecule has 2 heterocycles. The maximum absolute atomic E-state index is 12.6. The molecule has 0 amide bonds. The summed E-state index contributed by atoms with van der Waals surface area (Å²) in [6.07, 6.45) is 5.17. The number of benzene rings is 1. The average molecular weight is 279 g/mol. The third-order valence-corrected chi connectivity index (χ3v) is 5.06. The van der Waals surface area contributed by atoms with E-state index < -0.39 is 0 Å². The molecule has 0 radical (unpaired) electrons. The van der Waals surface area contributed by atoms with Crippen molar-refractivity contribution in [1.29, 1.82) is 0 Å². The second-order valence-corrected chi connectivity index (χ2v) is 6.30. The molecule has 0 atom stereocenters. The first-order chi connectivity index (χ1) is 9.81. The van der Waals surface area contributed by atoms with Gasteiger partial charge in [-0.05, 0) is 43.0 Å². The molecule has 0 saturated carbocycles. The van der Waals surface area contributed by atoms with Crippen molar-refractivity contribution in [3.63, 3.8) is 0 Å². The van der Waals surface area contributed by atoms with Gasteiger partial charge in [-0.15, -0.1) is 11.3 Å². The lowest BCUT2D eigenvalue weighted by atomic mass is 10.1. The van der Waals surface area contributed by atoms with Crippen molar-refractivity contribution in [1.82, 2.24) is 4.98 Å². The maximum atomic E-state index is 12.6. The average Bonchev–Trinajstić information content (AvgIpc) is 3.07. The highest BCUT2D eigenvalue weighted by Crippen LogP contribution is 2.32. The predicted octanol–water partition coefficient (Wildman–Crippen LogP) is 4.02. The summed E-state index contributed by atoms with van der Waals surface area (Å²) in [6, 6.07) is 11.9. The van der Waals surface area contributed by atoms with Crippen LogP contribution in [0.2, 0.25) is 0 Å². The predicted molar refractivity (Wildman–Crippen MR) is 81.5 cm³/mol. The van der Waals surface area contributed by atoms with E-state index in [0.717, 1.165) is 28.6 Å². The fraction of sp³-hybridized carbons (Fsp3) is 0.176. The van der Waals surface area contributed by atoms with E-state index in [1.54, 1.807) is 17.5 Å². The number of fused-ring (bicyclic) bond motifs is 2. The summed E-state index contributed by atoms with van der Waals surface area (Å²) in [5.41, 5.74) is 2.98. The molecule has 2 aromatic heterocycles. The molecule has 20 heavy (non-hydrogen) atoms. The first-order valence-corrected chi connectivity index (χ1v) is 7.64. The number of para-hydroxylation sites is 1. The molecular formula is C17H13NOS. The van der Waals surface area contributed by atoms with E-state index in [0.29, 0.717) is 5.56 Å². The molecule has 4 rings (SSSR count). The van der Waals surface area contributed by atoms with Gasteiger partial charge in [-0.3, -0.25) is 9.78 Å². The van der Waals surface area contributed by atoms with E-state index in [4.69, 9.17) is 0 Å². The van der Waals surface area contributed by atoms with Crippen LogP contribution < -0.4 is 0 Å². The quantitative estimate of drug-likeness (QED) is 0.663. The number of aryl methyl sites for hydroxylation is 2. The van der Waals surface area contributed by atoms with E-state index >= 15 is 0 Å². The van der Waals surface area contributed by atoms with Crippen LogP contribution in [-0.2, 0) is 12.8 Å². The number of rotatable bonds is 2. The molecule has 1 aliphatic carbocycles. The minimum absolute atomic E-state index is 0.0997. The van der Waals surface area contributed by atoms with Crippen molar-refractivity contribution in [3.05, 3.63) is 63.5 Å². The molecule has 0 unspecified atom stereocenters. The Morgan fingerprint density at radius 2 is 2.05 bits per heavy atom. The highest BCUT2D eigenvalue weighted by Gasteiger charge is 2.19. The minimum atomic E-state index is 0.0997. The van der Waals surface area contributed by atoms with Gasteiger partial charge < -0.3 is 0 Å². The summed E-state index contributed by atoms with van der Waals surface area (Å²) in [6.45, 7) is 0. The Morgan fingerprint density at radius 3 is 2.95 bits per heavy atom. The highest BCUT2D eigenvalue weighted by molar-refractivity contribution is 7.14. The number of pyridine rings is 1. The Balaban J connectivity index is 1.75. The lowest BCUT2D eigenvalue weighted by Crippen LogP contribution is -1.99. The zero-order valence-electron chi connectivity index (χ0n) is 10.9. The first-order valence-electron chi connectivity index (χ1n) is 6.82. The van der Waals surface area contributed by atoms with Crippen molar-refractivity contribution in [2.24, 2.45) is 0 Å². The first kappa shape index (κ1) is 11.8.